The molecule has 0 heterocycles. The van der Waals surface area contributed by atoms with Gasteiger partial charge in [-0.3, -0.25) is 4.90 Å². The Labute approximate surface area is 120 Å². The number of hydrogen-bond acceptors (Lipinski definition) is 4. The summed E-state index contributed by atoms with van der Waals surface area (Å²) in [6, 6.07) is 7.92. The molecule has 0 amide bonds. The van der Waals surface area contributed by atoms with E-state index in [-0.39, 0.29) is 0 Å². The fraction of sp³-hybridized carbons (Fsp3) is 0.500. The molecule has 1 unspecified atom stereocenters. The van der Waals surface area contributed by atoms with Crippen LogP contribution < -0.4 is 10.5 Å². The molecule has 1 atom stereocenters. The Bertz CT molecular complexity index is 412. The van der Waals surface area contributed by atoms with Gasteiger partial charge in [-0.1, -0.05) is 24.4 Å². The van der Waals surface area contributed by atoms with Gasteiger partial charge in [-0.15, -0.1) is 0 Å². The molecule has 0 saturated carbocycles. The monoisotopic (exact) mass is 282 g/mol. The van der Waals surface area contributed by atoms with E-state index in [9.17, 15) is 0 Å². The van der Waals surface area contributed by atoms with Gasteiger partial charge in [-0.2, -0.15) is 0 Å². The van der Waals surface area contributed by atoms with Gasteiger partial charge in [0.05, 0.1) is 12.2 Å². The first-order valence-corrected chi connectivity index (χ1v) is 6.68. The highest BCUT2D eigenvalue weighted by molar-refractivity contribution is 7.80. The van der Waals surface area contributed by atoms with Crippen molar-refractivity contribution in [3.05, 3.63) is 29.8 Å². The van der Waals surface area contributed by atoms with E-state index >= 15 is 0 Å². The standard InChI is InChI=1S/C14H22N2O2S/c1-11(10-17-3)16(2)8-9-18-13-7-5-4-6-12(13)14(15)19/h4-7,11H,8-10H2,1-3H3,(H2,15,19). The van der Waals surface area contributed by atoms with Crippen LogP contribution in [0.15, 0.2) is 24.3 Å². The highest BCUT2D eigenvalue weighted by atomic mass is 32.1. The van der Waals surface area contributed by atoms with Gasteiger partial charge in [0.1, 0.15) is 17.3 Å². The van der Waals surface area contributed by atoms with Gasteiger partial charge in [-0.05, 0) is 26.1 Å². The molecule has 1 rings (SSSR count). The third-order valence-corrected chi connectivity index (χ3v) is 3.23. The Morgan fingerprint density at radius 1 is 1.42 bits per heavy atom. The van der Waals surface area contributed by atoms with Crippen molar-refractivity contribution in [1.29, 1.82) is 0 Å². The number of nitrogens with two attached hydrogens (primary N) is 1. The minimum absolute atomic E-state index is 0.358. The summed E-state index contributed by atoms with van der Waals surface area (Å²) in [6.07, 6.45) is 0. The molecular weight excluding hydrogens is 260 g/mol. The lowest BCUT2D eigenvalue weighted by atomic mass is 10.2. The molecule has 0 aliphatic rings. The molecule has 0 saturated heterocycles. The second-order valence-corrected chi connectivity index (χ2v) is 4.93. The summed E-state index contributed by atoms with van der Waals surface area (Å²) in [7, 11) is 3.76. The summed E-state index contributed by atoms with van der Waals surface area (Å²) in [5.41, 5.74) is 6.44. The zero-order valence-corrected chi connectivity index (χ0v) is 12.6. The van der Waals surface area contributed by atoms with E-state index in [2.05, 4.69) is 11.8 Å². The Morgan fingerprint density at radius 3 is 2.74 bits per heavy atom. The average Bonchev–Trinajstić information content (AvgIpc) is 2.39. The Hall–Kier alpha value is -1.17. The van der Waals surface area contributed by atoms with Crippen LogP contribution in [-0.4, -0.2) is 49.8 Å². The molecule has 5 heteroatoms. The summed E-state index contributed by atoms with van der Waals surface area (Å²) < 4.78 is 10.9. The maximum absolute atomic E-state index is 5.75. The smallest absolute Gasteiger partial charge is 0.129 e. The van der Waals surface area contributed by atoms with Crippen molar-refractivity contribution in [2.24, 2.45) is 5.73 Å². The van der Waals surface area contributed by atoms with Gasteiger partial charge >= 0.3 is 0 Å². The number of thiocarbonyl (C=S) groups is 1. The van der Waals surface area contributed by atoms with E-state index in [1.807, 2.05) is 31.3 Å². The van der Waals surface area contributed by atoms with E-state index < -0.39 is 0 Å². The fourth-order valence-electron chi connectivity index (χ4n) is 1.68. The van der Waals surface area contributed by atoms with Crippen LogP contribution in [0.2, 0.25) is 0 Å². The van der Waals surface area contributed by atoms with Crippen LogP contribution >= 0.6 is 12.2 Å². The van der Waals surface area contributed by atoms with Gasteiger partial charge in [0.25, 0.3) is 0 Å². The van der Waals surface area contributed by atoms with Gasteiger partial charge < -0.3 is 15.2 Å². The van der Waals surface area contributed by atoms with Crippen molar-refractivity contribution < 1.29 is 9.47 Å². The number of likely N-dealkylation sites (N-methyl/N-ethyl adjacent to an activating group) is 1. The summed E-state index contributed by atoms with van der Waals surface area (Å²) in [5.74, 6) is 0.739. The zero-order chi connectivity index (χ0) is 14.3. The molecule has 0 aliphatic carbocycles. The van der Waals surface area contributed by atoms with Crippen molar-refractivity contribution >= 4 is 17.2 Å². The van der Waals surface area contributed by atoms with Crippen LogP contribution in [-0.2, 0) is 4.74 Å². The molecule has 1 aromatic carbocycles. The van der Waals surface area contributed by atoms with E-state index in [1.165, 1.54) is 0 Å². The molecule has 0 aliphatic heterocycles. The highest BCUT2D eigenvalue weighted by Crippen LogP contribution is 2.17. The fourth-order valence-corrected chi connectivity index (χ4v) is 1.85. The average molecular weight is 282 g/mol. The summed E-state index contributed by atoms with van der Waals surface area (Å²) in [5, 5.41) is 0. The third kappa shape index (κ3) is 5.14. The molecule has 0 aromatic heterocycles. The lowest BCUT2D eigenvalue weighted by molar-refractivity contribution is 0.105. The van der Waals surface area contributed by atoms with Crippen LogP contribution in [0, 0.1) is 0 Å². The predicted octanol–water partition coefficient (Wildman–Crippen LogP) is 1.67. The van der Waals surface area contributed by atoms with E-state index in [4.69, 9.17) is 27.4 Å². The molecule has 0 bridgehead atoms. The maximum Gasteiger partial charge on any atom is 0.129 e. The van der Waals surface area contributed by atoms with Crippen LogP contribution in [0.4, 0.5) is 0 Å². The van der Waals surface area contributed by atoms with Gasteiger partial charge in [0.2, 0.25) is 0 Å². The van der Waals surface area contributed by atoms with Crippen LogP contribution in [0.1, 0.15) is 12.5 Å². The molecule has 0 fully saturated rings. The van der Waals surface area contributed by atoms with E-state index in [1.54, 1.807) is 7.11 Å². The van der Waals surface area contributed by atoms with Crippen LogP contribution in [0.3, 0.4) is 0 Å². The van der Waals surface area contributed by atoms with Gasteiger partial charge in [0, 0.05) is 19.7 Å². The molecule has 1 aromatic rings. The first-order valence-electron chi connectivity index (χ1n) is 6.27. The lowest BCUT2D eigenvalue weighted by Gasteiger charge is -2.24. The molecule has 19 heavy (non-hydrogen) atoms. The number of para-hydroxylation sites is 1. The summed E-state index contributed by atoms with van der Waals surface area (Å²) in [4.78, 5) is 2.55. The quantitative estimate of drug-likeness (QED) is 0.735. The SMILES string of the molecule is COCC(C)N(C)CCOc1ccccc1C(N)=S. The number of ether oxygens (including phenoxy) is 2. The van der Waals surface area contributed by atoms with Crippen molar-refractivity contribution in [1.82, 2.24) is 4.90 Å². The lowest BCUT2D eigenvalue weighted by Crippen LogP contribution is -2.35. The van der Waals surface area contributed by atoms with E-state index in [0.717, 1.165) is 17.9 Å². The number of hydrogen-bond donors (Lipinski definition) is 1. The van der Waals surface area contributed by atoms with Gasteiger partial charge in [-0.25, -0.2) is 0 Å². The van der Waals surface area contributed by atoms with Crippen molar-refractivity contribution in [2.75, 3.05) is 33.9 Å². The summed E-state index contributed by atoms with van der Waals surface area (Å²) >= 11 is 5.00. The second kappa shape index (κ2) is 8.09. The Balaban J connectivity index is 2.47. The number of rotatable bonds is 8. The number of nitrogens with zero attached hydrogens (tertiary/aromatic N) is 1. The van der Waals surface area contributed by atoms with Gasteiger partial charge in [0.15, 0.2) is 0 Å². The third-order valence-electron chi connectivity index (χ3n) is 3.01. The Kier molecular flexibility index (Phi) is 6.77. The molecule has 0 radical (unpaired) electrons. The van der Waals surface area contributed by atoms with E-state index in [0.29, 0.717) is 24.2 Å². The first-order chi connectivity index (χ1) is 9.06. The van der Waals surface area contributed by atoms with Crippen molar-refractivity contribution in [3.8, 4) is 5.75 Å². The number of methoxy groups -OCH3 is 1. The van der Waals surface area contributed by atoms with Crippen LogP contribution in [0.25, 0.3) is 0 Å². The predicted molar refractivity (Wildman–Crippen MR) is 81.8 cm³/mol. The zero-order valence-electron chi connectivity index (χ0n) is 11.8. The maximum atomic E-state index is 5.75. The second-order valence-electron chi connectivity index (χ2n) is 4.49. The first kappa shape index (κ1) is 15.9. The van der Waals surface area contributed by atoms with Crippen molar-refractivity contribution in [3.63, 3.8) is 0 Å². The minimum atomic E-state index is 0.358. The minimum Gasteiger partial charge on any atom is -0.492 e. The molecular formula is C14H22N2O2S. The molecule has 106 valence electrons. The number of benzene rings is 1. The van der Waals surface area contributed by atoms with Crippen LogP contribution in [0.5, 0.6) is 5.75 Å². The topological polar surface area (TPSA) is 47.7 Å². The molecule has 0 spiro atoms. The van der Waals surface area contributed by atoms with Crippen molar-refractivity contribution in [2.45, 2.75) is 13.0 Å². The largest absolute Gasteiger partial charge is 0.492 e. The highest BCUT2D eigenvalue weighted by Gasteiger charge is 2.09. The normalized spacial score (nSPS) is 12.4. The molecule has 4 nitrogen and oxygen atoms in total. The Morgan fingerprint density at radius 2 is 2.11 bits per heavy atom. The molecule has 2 N–H and O–H groups in total. The summed E-state index contributed by atoms with van der Waals surface area (Å²) in [6.45, 7) is 4.23.